The predicted octanol–water partition coefficient (Wildman–Crippen LogP) is 1.53. The van der Waals surface area contributed by atoms with Crippen LogP contribution in [-0.4, -0.2) is 24.5 Å². The number of rotatable bonds is 1. The summed E-state index contributed by atoms with van der Waals surface area (Å²) in [5, 5.41) is -0.593. The Morgan fingerprint density at radius 1 is 0.913 bits per heavy atom. The summed E-state index contributed by atoms with van der Waals surface area (Å²) in [5.41, 5.74) is 9.99. The fourth-order valence-corrected chi connectivity index (χ4v) is 3.81. The van der Waals surface area contributed by atoms with Crippen molar-refractivity contribution in [1.29, 1.82) is 0 Å². The minimum atomic E-state index is -4.84. The van der Waals surface area contributed by atoms with Gasteiger partial charge in [0.15, 0.2) is 11.6 Å². The number of carbonyl (C=O) groups excluding carboxylic acids is 2. The zero-order valence-corrected chi connectivity index (χ0v) is 12.9. The second kappa shape index (κ2) is 4.79. The van der Waals surface area contributed by atoms with Crippen LogP contribution in [0, 0.1) is 0 Å². The fourth-order valence-electron chi connectivity index (χ4n) is 2.61. The summed E-state index contributed by atoms with van der Waals surface area (Å²) in [6.45, 7) is 0. The summed E-state index contributed by atoms with van der Waals surface area (Å²) in [6.07, 6.45) is 0. The summed E-state index contributed by atoms with van der Waals surface area (Å²) in [5.74, 6) is -1.26. The highest BCUT2D eigenvalue weighted by atomic mass is 35.5. The molecule has 5 N–H and O–H groups in total. The molecule has 1 aliphatic rings. The van der Waals surface area contributed by atoms with Gasteiger partial charge in [-0.15, -0.1) is 0 Å². The third-order valence-corrected chi connectivity index (χ3v) is 5.04. The molecule has 0 bridgehead atoms. The average molecular weight is 353 g/mol. The molecule has 0 spiro atoms. The van der Waals surface area contributed by atoms with Crippen LogP contribution in [0.25, 0.3) is 0 Å². The van der Waals surface area contributed by atoms with E-state index in [0.29, 0.717) is 0 Å². The normalized spacial score (nSPS) is 13.7. The van der Waals surface area contributed by atoms with Crippen LogP contribution in [0.3, 0.4) is 0 Å². The van der Waals surface area contributed by atoms with Gasteiger partial charge in [-0.3, -0.25) is 14.1 Å². The summed E-state index contributed by atoms with van der Waals surface area (Å²) >= 11 is 5.85. The van der Waals surface area contributed by atoms with Gasteiger partial charge in [0.05, 0.1) is 27.5 Å². The Kier molecular flexibility index (Phi) is 3.22. The Bertz CT molecular complexity index is 1010. The van der Waals surface area contributed by atoms with Gasteiger partial charge >= 0.3 is 0 Å². The van der Waals surface area contributed by atoms with Crippen molar-refractivity contribution >= 4 is 44.7 Å². The molecule has 0 heterocycles. The standard InChI is InChI=1S/C14H9ClN2O5S/c15-9-10(16)7-8(11(17)14(9)23(20,21)22)13(19)6-4-2-1-3-5(6)12(7)18/h1-4H,16-17H2,(H,20,21,22). The van der Waals surface area contributed by atoms with E-state index >= 15 is 0 Å². The molecule has 0 unspecified atom stereocenters. The van der Waals surface area contributed by atoms with Crippen molar-refractivity contribution in [2.45, 2.75) is 4.90 Å². The minimum absolute atomic E-state index is 0.0692. The van der Waals surface area contributed by atoms with E-state index in [1.165, 1.54) is 12.1 Å². The molecule has 23 heavy (non-hydrogen) atoms. The first-order chi connectivity index (χ1) is 10.7. The smallest absolute Gasteiger partial charge is 0.298 e. The highest BCUT2D eigenvalue weighted by Gasteiger charge is 2.37. The number of nitrogens with two attached hydrogens (primary N) is 2. The van der Waals surface area contributed by atoms with E-state index in [1.807, 2.05) is 0 Å². The van der Waals surface area contributed by atoms with E-state index in [0.717, 1.165) is 0 Å². The number of anilines is 2. The van der Waals surface area contributed by atoms with Crippen molar-refractivity contribution in [1.82, 2.24) is 0 Å². The molecule has 0 aliphatic heterocycles. The number of nitrogen functional groups attached to an aromatic ring is 2. The van der Waals surface area contributed by atoms with Crippen molar-refractivity contribution in [3.05, 3.63) is 51.5 Å². The summed E-state index contributed by atoms with van der Waals surface area (Å²) in [7, 11) is -4.84. The summed E-state index contributed by atoms with van der Waals surface area (Å²) in [4.78, 5) is 24.3. The molecule has 0 aromatic heterocycles. The Morgan fingerprint density at radius 2 is 1.35 bits per heavy atom. The molecule has 0 saturated carbocycles. The maximum Gasteiger partial charge on any atom is 0.298 e. The Morgan fingerprint density at radius 3 is 1.78 bits per heavy atom. The van der Waals surface area contributed by atoms with Crippen LogP contribution in [0.15, 0.2) is 29.2 Å². The first-order valence-corrected chi connectivity index (χ1v) is 8.04. The number of halogens is 1. The molecule has 2 aromatic carbocycles. The van der Waals surface area contributed by atoms with E-state index < -0.39 is 43.0 Å². The predicted molar refractivity (Wildman–Crippen MR) is 83.4 cm³/mol. The number of ketones is 2. The van der Waals surface area contributed by atoms with Crippen molar-refractivity contribution in [3.63, 3.8) is 0 Å². The van der Waals surface area contributed by atoms with Gasteiger partial charge in [0, 0.05) is 11.1 Å². The lowest BCUT2D eigenvalue weighted by atomic mass is 9.82. The van der Waals surface area contributed by atoms with Crippen LogP contribution in [0.2, 0.25) is 5.02 Å². The number of fused-ring (bicyclic) bond motifs is 2. The molecule has 118 valence electrons. The molecule has 0 atom stereocenters. The lowest BCUT2D eigenvalue weighted by Gasteiger charge is -2.22. The monoisotopic (exact) mass is 352 g/mol. The molecule has 3 rings (SSSR count). The highest BCUT2D eigenvalue weighted by molar-refractivity contribution is 7.86. The third kappa shape index (κ3) is 2.03. The van der Waals surface area contributed by atoms with Crippen LogP contribution in [-0.2, 0) is 10.1 Å². The molecule has 9 heteroatoms. The largest absolute Gasteiger partial charge is 0.397 e. The Labute approximate surface area is 135 Å². The number of hydrogen-bond donors (Lipinski definition) is 3. The second-order valence-electron chi connectivity index (χ2n) is 4.90. The van der Waals surface area contributed by atoms with E-state index in [9.17, 15) is 22.6 Å². The minimum Gasteiger partial charge on any atom is -0.397 e. The zero-order chi connectivity index (χ0) is 17.1. The van der Waals surface area contributed by atoms with E-state index in [1.54, 1.807) is 12.1 Å². The van der Waals surface area contributed by atoms with Gasteiger partial charge in [-0.05, 0) is 0 Å². The van der Waals surface area contributed by atoms with Gasteiger partial charge < -0.3 is 11.5 Å². The lowest BCUT2D eigenvalue weighted by molar-refractivity contribution is 0.0980. The maximum absolute atomic E-state index is 12.6. The number of hydrogen-bond acceptors (Lipinski definition) is 6. The SMILES string of the molecule is Nc1c(Cl)c(S(=O)(=O)O)c(N)c2c1C(=O)c1ccccc1C2=O. The molecular weight excluding hydrogens is 344 g/mol. The maximum atomic E-state index is 12.6. The van der Waals surface area contributed by atoms with Crippen molar-refractivity contribution < 1.29 is 22.6 Å². The van der Waals surface area contributed by atoms with Crippen LogP contribution in [0.5, 0.6) is 0 Å². The first-order valence-electron chi connectivity index (χ1n) is 6.22. The van der Waals surface area contributed by atoms with Crippen LogP contribution >= 0.6 is 11.6 Å². The molecular formula is C14H9ClN2O5S. The molecule has 0 radical (unpaired) electrons. The van der Waals surface area contributed by atoms with E-state index in [2.05, 4.69) is 0 Å². The van der Waals surface area contributed by atoms with Crippen LogP contribution in [0.1, 0.15) is 31.8 Å². The Balaban J connectivity index is 2.50. The van der Waals surface area contributed by atoms with E-state index in [4.69, 9.17) is 23.1 Å². The first kappa shape index (κ1) is 15.5. The molecule has 2 aromatic rings. The zero-order valence-electron chi connectivity index (χ0n) is 11.3. The number of benzene rings is 2. The highest BCUT2D eigenvalue weighted by Crippen LogP contribution is 2.43. The van der Waals surface area contributed by atoms with Gasteiger partial charge in [0.1, 0.15) is 4.90 Å². The van der Waals surface area contributed by atoms with E-state index in [-0.39, 0.29) is 22.3 Å². The van der Waals surface area contributed by atoms with Crippen molar-refractivity contribution in [2.24, 2.45) is 0 Å². The van der Waals surface area contributed by atoms with Gasteiger partial charge in [0.25, 0.3) is 10.1 Å². The lowest BCUT2D eigenvalue weighted by Crippen LogP contribution is -2.25. The van der Waals surface area contributed by atoms with Gasteiger partial charge in [-0.2, -0.15) is 8.42 Å². The topological polar surface area (TPSA) is 141 Å². The molecule has 0 amide bonds. The summed E-state index contributed by atoms with van der Waals surface area (Å²) in [6, 6.07) is 5.98. The van der Waals surface area contributed by atoms with Gasteiger partial charge in [-0.1, -0.05) is 35.9 Å². The molecule has 7 nitrogen and oxygen atoms in total. The fraction of sp³-hybridized carbons (Fsp3) is 0. The Hall–Kier alpha value is -2.42. The molecule has 1 aliphatic carbocycles. The second-order valence-corrected chi connectivity index (χ2v) is 6.64. The van der Waals surface area contributed by atoms with Gasteiger partial charge in [0.2, 0.25) is 0 Å². The van der Waals surface area contributed by atoms with Crippen LogP contribution in [0.4, 0.5) is 11.4 Å². The van der Waals surface area contributed by atoms with Crippen molar-refractivity contribution in [2.75, 3.05) is 11.5 Å². The van der Waals surface area contributed by atoms with Gasteiger partial charge in [-0.25, -0.2) is 0 Å². The quantitative estimate of drug-likeness (QED) is 0.445. The van der Waals surface area contributed by atoms with Crippen LogP contribution < -0.4 is 11.5 Å². The van der Waals surface area contributed by atoms with Crippen molar-refractivity contribution in [3.8, 4) is 0 Å². The summed E-state index contributed by atoms with van der Waals surface area (Å²) < 4.78 is 32.3. The molecule has 0 fully saturated rings. The number of carbonyl (C=O) groups is 2. The average Bonchev–Trinajstić information content (AvgIpc) is 2.47. The molecule has 0 saturated heterocycles. The third-order valence-electron chi connectivity index (χ3n) is 3.60.